The number of cyclic esters (lactones) is 1. The van der Waals surface area contributed by atoms with Gasteiger partial charge in [-0.3, -0.25) is 4.79 Å². The Hall–Kier alpha value is -1.36. The van der Waals surface area contributed by atoms with Crippen molar-refractivity contribution in [2.24, 2.45) is 11.3 Å². The van der Waals surface area contributed by atoms with Crippen LogP contribution in [0.25, 0.3) is 0 Å². The molecule has 0 aromatic rings. The Bertz CT molecular complexity index is 480. The Balaban J connectivity index is 1.82. The van der Waals surface area contributed by atoms with Crippen molar-refractivity contribution in [2.45, 2.75) is 33.1 Å². The molecule has 0 bridgehead atoms. The van der Waals surface area contributed by atoms with Gasteiger partial charge in [0.15, 0.2) is 0 Å². The molecule has 0 aliphatic carbocycles. The summed E-state index contributed by atoms with van der Waals surface area (Å²) in [4.78, 5) is 26.1. The molecule has 0 saturated carbocycles. The van der Waals surface area contributed by atoms with Gasteiger partial charge in [-0.1, -0.05) is 6.92 Å². The van der Waals surface area contributed by atoms with Crippen LogP contribution in [0.3, 0.4) is 0 Å². The topological polar surface area (TPSA) is 58.6 Å². The molecule has 0 spiro atoms. The van der Waals surface area contributed by atoms with Crippen LogP contribution in [-0.4, -0.2) is 43.0 Å². The molecule has 1 N–H and O–H groups in total. The van der Waals surface area contributed by atoms with Gasteiger partial charge in [-0.2, -0.15) is 0 Å². The summed E-state index contributed by atoms with van der Waals surface area (Å²) in [5.74, 6) is 0.334. The first-order valence-corrected chi connectivity index (χ1v) is 7.43. The summed E-state index contributed by atoms with van der Waals surface area (Å²) in [6, 6.07) is 0. The minimum atomic E-state index is -0.289. The molecule has 1 unspecified atom stereocenters. The molecule has 5 nitrogen and oxygen atoms in total. The minimum absolute atomic E-state index is 0.178. The van der Waals surface area contributed by atoms with Crippen molar-refractivity contribution in [3.63, 3.8) is 0 Å². The van der Waals surface area contributed by atoms with Crippen LogP contribution in [-0.2, 0) is 14.3 Å². The molecule has 2 saturated heterocycles. The van der Waals surface area contributed by atoms with Gasteiger partial charge < -0.3 is 15.0 Å². The molecule has 0 aromatic carbocycles. The van der Waals surface area contributed by atoms with E-state index in [2.05, 4.69) is 12.2 Å². The van der Waals surface area contributed by atoms with Gasteiger partial charge in [-0.25, -0.2) is 4.79 Å². The molecule has 3 rings (SSSR count). The number of carbonyl (C=O) groups is 2. The van der Waals surface area contributed by atoms with Gasteiger partial charge >= 0.3 is 5.97 Å². The van der Waals surface area contributed by atoms with Crippen LogP contribution in [0.2, 0.25) is 0 Å². The number of nitrogens with one attached hydrogen (secondary N) is 1. The van der Waals surface area contributed by atoms with E-state index >= 15 is 0 Å². The molecule has 0 aromatic heterocycles. The molecule has 3 aliphatic rings. The van der Waals surface area contributed by atoms with Crippen LogP contribution in [0, 0.1) is 11.3 Å². The molecule has 20 heavy (non-hydrogen) atoms. The van der Waals surface area contributed by atoms with Crippen LogP contribution >= 0.6 is 0 Å². The lowest BCUT2D eigenvalue weighted by atomic mass is 9.71. The van der Waals surface area contributed by atoms with Crippen molar-refractivity contribution in [3.8, 4) is 0 Å². The summed E-state index contributed by atoms with van der Waals surface area (Å²) < 4.78 is 5.04. The number of carbonyl (C=O) groups excluding carboxylic acids is 2. The SMILES string of the molecule is CC1=C(N2CCC(C)(C3CCNCC3)C2=O)COC1=O. The fourth-order valence-corrected chi connectivity index (χ4v) is 3.70. The predicted molar refractivity (Wildman–Crippen MR) is 73.7 cm³/mol. The molecular weight excluding hydrogens is 256 g/mol. The Morgan fingerprint density at radius 1 is 1.30 bits per heavy atom. The molecule has 110 valence electrons. The summed E-state index contributed by atoms with van der Waals surface area (Å²) in [6.07, 6.45) is 2.99. The van der Waals surface area contributed by atoms with E-state index in [0.29, 0.717) is 18.0 Å². The van der Waals surface area contributed by atoms with Crippen LogP contribution in [0.5, 0.6) is 0 Å². The van der Waals surface area contributed by atoms with Gasteiger partial charge in [0.1, 0.15) is 6.61 Å². The lowest BCUT2D eigenvalue weighted by molar-refractivity contribution is -0.138. The fraction of sp³-hybridized carbons (Fsp3) is 0.733. The number of ether oxygens (including phenoxy) is 1. The van der Waals surface area contributed by atoms with Gasteiger partial charge in [0.25, 0.3) is 0 Å². The molecule has 0 radical (unpaired) electrons. The predicted octanol–water partition coefficient (Wildman–Crippen LogP) is 1.06. The number of hydrogen-bond acceptors (Lipinski definition) is 4. The second kappa shape index (κ2) is 4.88. The largest absolute Gasteiger partial charge is 0.456 e. The summed E-state index contributed by atoms with van der Waals surface area (Å²) in [7, 11) is 0. The quantitative estimate of drug-likeness (QED) is 0.767. The van der Waals surface area contributed by atoms with E-state index in [1.54, 1.807) is 11.8 Å². The normalized spacial score (nSPS) is 32.2. The van der Waals surface area contributed by atoms with Gasteiger partial charge in [0.2, 0.25) is 5.91 Å². The van der Waals surface area contributed by atoms with Crippen molar-refractivity contribution >= 4 is 11.9 Å². The zero-order valence-corrected chi connectivity index (χ0v) is 12.2. The average molecular weight is 278 g/mol. The minimum Gasteiger partial charge on any atom is -0.456 e. The second-order valence-electron chi connectivity index (χ2n) is 6.30. The first kappa shape index (κ1) is 13.6. The lowest BCUT2D eigenvalue weighted by Crippen LogP contribution is -2.42. The van der Waals surface area contributed by atoms with Gasteiger partial charge in [0.05, 0.1) is 16.7 Å². The number of likely N-dealkylation sites (tertiary alicyclic amines) is 1. The monoisotopic (exact) mass is 278 g/mol. The number of nitrogens with zero attached hydrogens (tertiary/aromatic N) is 1. The van der Waals surface area contributed by atoms with Crippen molar-refractivity contribution in [2.75, 3.05) is 26.2 Å². The van der Waals surface area contributed by atoms with E-state index < -0.39 is 0 Å². The maximum absolute atomic E-state index is 12.9. The van der Waals surface area contributed by atoms with Crippen molar-refractivity contribution < 1.29 is 14.3 Å². The third-order valence-electron chi connectivity index (χ3n) is 5.23. The number of amides is 1. The maximum Gasteiger partial charge on any atom is 0.336 e. The Kier molecular flexibility index (Phi) is 3.32. The smallest absolute Gasteiger partial charge is 0.336 e. The van der Waals surface area contributed by atoms with E-state index in [4.69, 9.17) is 4.74 Å². The van der Waals surface area contributed by atoms with E-state index in [0.717, 1.165) is 38.0 Å². The van der Waals surface area contributed by atoms with Crippen LogP contribution < -0.4 is 5.32 Å². The molecule has 2 fully saturated rings. The number of rotatable bonds is 2. The number of piperidine rings is 1. The molecule has 1 amide bonds. The Morgan fingerprint density at radius 2 is 2.00 bits per heavy atom. The summed E-state index contributed by atoms with van der Waals surface area (Å²) in [6.45, 7) is 6.80. The van der Waals surface area contributed by atoms with E-state index in [1.807, 2.05) is 0 Å². The number of esters is 1. The van der Waals surface area contributed by atoms with E-state index in [9.17, 15) is 9.59 Å². The second-order valence-corrected chi connectivity index (χ2v) is 6.30. The third kappa shape index (κ3) is 1.95. The van der Waals surface area contributed by atoms with Crippen LogP contribution in [0.15, 0.2) is 11.3 Å². The Morgan fingerprint density at radius 3 is 2.60 bits per heavy atom. The standard InChI is InChI=1S/C15H22N2O3/c1-10-12(9-20-13(10)18)17-8-5-15(2,14(17)19)11-3-6-16-7-4-11/h11,16H,3-9H2,1-2H3. The maximum atomic E-state index is 12.9. The van der Waals surface area contributed by atoms with Crippen molar-refractivity contribution in [3.05, 3.63) is 11.3 Å². The third-order valence-corrected chi connectivity index (χ3v) is 5.23. The highest BCUT2D eigenvalue weighted by Gasteiger charge is 2.50. The van der Waals surface area contributed by atoms with E-state index in [-0.39, 0.29) is 23.9 Å². The zero-order chi connectivity index (χ0) is 14.3. The van der Waals surface area contributed by atoms with Crippen LogP contribution in [0.1, 0.15) is 33.1 Å². The highest BCUT2D eigenvalue weighted by Crippen LogP contribution is 2.44. The molecule has 1 atom stereocenters. The van der Waals surface area contributed by atoms with Gasteiger partial charge in [-0.05, 0) is 45.2 Å². The highest BCUT2D eigenvalue weighted by atomic mass is 16.5. The summed E-state index contributed by atoms with van der Waals surface area (Å²) in [5, 5.41) is 3.35. The molecule has 3 heterocycles. The molecule has 3 aliphatic heterocycles. The summed E-state index contributed by atoms with van der Waals surface area (Å²) in [5.41, 5.74) is 1.09. The molecular formula is C15H22N2O3. The fourth-order valence-electron chi connectivity index (χ4n) is 3.70. The first-order valence-electron chi connectivity index (χ1n) is 7.43. The first-order chi connectivity index (χ1) is 9.54. The molecule has 5 heteroatoms. The van der Waals surface area contributed by atoms with Crippen molar-refractivity contribution in [1.82, 2.24) is 10.2 Å². The summed E-state index contributed by atoms with van der Waals surface area (Å²) >= 11 is 0. The van der Waals surface area contributed by atoms with Gasteiger partial charge in [0, 0.05) is 6.54 Å². The van der Waals surface area contributed by atoms with E-state index in [1.165, 1.54) is 0 Å². The average Bonchev–Trinajstić information content (AvgIpc) is 2.95. The van der Waals surface area contributed by atoms with Crippen molar-refractivity contribution in [1.29, 1.82) is 0 Å². The van der Waals surface area contributed by atoms with Crippen LogP contribution in [0.4, 0.5) is 0 Å². The zero-order valence-electron chi connectivity index (χ0n) is 12.2. The van der Waals surface area contributed by atoms with Gasteiger partial charge in [-0.15, -0.1) is 0 Å². The number of hydrogen-bond donors (Lipinski definition) is 1. The Labute approximate surface area is 119 Å². The lowest BCUT2D eigenvalue weighted by Gasteiger charge is -2.35. The highest BCUT2D eigenvalue weighted by molar-refractivity contribution is 5.94.